The van der Waals surface area contributed by atoms with Gasteiger partial charge in [0.25, 0.3) is 11.5 Å². The summed E-state index contributed by atoms with van der Waals surface area (Å²) in [6, 6.07) is 1.61. The van der Waals surface area contributed by atoms with Crippen LogP contribution in [0.3, 0.4) is 0 Å². The Balaban J connectivity index is 2.85. The maximum Gasteiger partial charge on any atom is 0.261 e. The zero-order chi connectivity index (χ0) is 13.9. The van der Waals surface area contributed by atoms with Crippen molar-refractivity contribution in [1.82, 2.24) is 10.3 Å². The van der Waals surface area contributed by atoms with Crippen molar-refractivity contribution in [2.75, 3.05) is 0 Å². The van der Waals surface area contributed by atoms with E-state index >= 15 is 0 Å². The molecule has 5 heteroatoms. The molecule has 0 saturated carbocycles. The van der Waals surface area contributed by atoms with Crippen LogP contribution < -0.4 is 10.9 Å². The molecule has 0 aliphatic rings. The van der Waals surface area contributed by atoms with Crippen LogP contribution in [0.15, 0.2) is 15.3 Å². The normalized spacial score (nSPS) is 12.6. The van der Waals surface area contributed by atoms with Crippen molar-refractivity contribution in [3.05, 3.63) is 32.2 Å². The third-order valence-corrected chi connectivity index (χ3v) is 3.45. The molecule has 0 aromatic carbocycles. The summed E-state index contributed by atoms with van der Waals surface area (Å²) in [4.78, 5) is 26.3. The molecule has 1 aromatic rings. The van der Waals surface area contributed by atoms with Crippen LogP contribution in [0.5, 0.6) is 0 Å². The van der Waals surface area contributed by atoms with Crippen molar-refractivity contribution in [1.29, 1.82) is 0 Å². The second-order valence-corrected chi connectivity index (χ2v) is 5.84. The van der Waals surface area contributed by atoms with Gasteiger partial charge in [-0.05, 0) is 48.2 Å². The number of aryl methyl sites for hydroxylation is 1. The molecule has 0 bridgehead atoms. The lowest BCUT2D eigenvalue weighted by molar-refractivity contribution is 0.0934. The first-order valence-electron chi connectivity index (χ1n) is 6.01. The number of H-pyrrole nitrogens is 1. The molecule has 0 fully saturated rings. The molecule has 0 spiro atoms. The number of halogens is 1. The molecule has 1 amide bonds. The molecule has 0 unspecified atom stereocenters. The van der Waals surface area contributed by atoms with E-state index in [9.17, 15) is 9.59 Å². The van der Waals surface area contributed by atoms with Crippen LogP contribution in [0.25, 0.3) is 0 Å². The van der Waals surface area contributed by atoms with Crippen LogP contribution >= 0.6 is 15.9 Å². The molecule has 18 heavy (non-hydrogen) atoms. The molecule has 0 aliphatic heterocycles. The zero-order valence-electron chi connectivity index (χ0n) is 11.1. The van der Waals surface area contributed by atoms with E-state index in [-0.39, 0.29) is 23.1 Å². The lowest BCUT2D eigenvalue weighted by atomic mass is 10.1. The minimum Gasteiger partial charge on any atom is -0.349 e. The lowest BCUT2D eigenvalue weighted by Gasteiger charge is -2.15. The van der Waals surface area contributed by atoms with E-state index in [1.54, 1.807) is 13.0 Å². The van der Waals surface area contributed by atoms with Gasteiger partial charge in [0.05, 0.1) is 0 Å². The summed E-state index contributed by atoms with van der Waals surface area (Å²) in [6.07, 6.45) is 0.886. The third-order valence-electron chi connectivity index (χ3n) is 2.62. The Morgan fingerprint density at radius 1 is 1.44 bits per heavy atom. The number of hydrogen-bond donors (Lipinski definition) is 2. The van der Waals surface area contributed by atoms with E-state index in [2.05, 4.69) is 40.1 Å². The largest absolute Gasteiger partial charge is 0.349 e. The number of amides is 1. The molecule has 4 nitrogen and oxygen atoms in total. The Hall–Kier alpha value is -1.10. The van der Waals surface area contributed by atoms with Crippen LogP contribution in [0, 0.1) is 12.8 Å². The van der Waals surface area contributed by atoms with Crippen molar-refractivity contribution in [3.8, 4) is 0 Å². The maximum absolute atomic E-state index is 12.0. The Bertz CT molecular complexity index is 494. The number of aromatic nitrogens is 1. The van der Waals surface area contributed by atoms with E-state index in [1.165, 1.54) is 0 Å². The number of carbonyl (C=O) groups excluding carboxylic acids is 1. The molecule has 0 saturated heterocycles. The van der Waals surface area contributed by atoms with Gasteiger partial charge in [-0.3, -0.25) is 9.59 Å². The fourth-order valence-electron chi connectivity index (χ4n) is 1.83. The second-order valence-electron chi connectivity index (χ2n) is 4.99. The van der Waals surface area contributed by atoms with E-state index in [1.807, 2.05) is 6.92 Å². The van der Waals surface area contributed by atoms with Gasteiger partial charge in [0.1, 0.15) is 5.56 Å². The molecule has 1 rings (SSSR count). The molecule has 0 radical (unpaired) electrons. The summed E-state index contributed by atoms with van der Waals surface area (Å²) in [5.41, 5.74) is 0.500. The number of carbonyl (C=O) groups is 1. The van der Waals surface area contributed by atoms with Crippen molar-refractivity contribution < 1.29 is 4.79 Å². The Morgan fingerprint density at radius 3 is 2.61 bits per heavy atom. The molecule has 1 atom stereocenters. The minimum absolute atomic E-state index is 0.0528. The zero-order valence-corrected chi connectivity index (χ0v) is 12.7. The predicted octanol–water partition coefficient (Wildman–Crippen LogP) is 2.61. The average molecular weight is 315 g/mol. The van der Waals surface area contributed by atoms with Gasteiger partial charge in [-0.1, -0.05) is 13.8 Å². The molecule has 2 N–H and O–H groups in total. The fourth-order valence-corrected chi connectivity index (χ4v) is 2.16. The van der Waals surface area contributed by atoms with Gasteiger partial charge in [-0.25, -0.2) is 0 Å². The topological polar surface area (TPSA) is 62.0 Å². The van der Waals surface area contributed by atoms with Gasteiger partial charge in [0.15, 0.2) is 0 Å². The van der Waals surface area contributed by atoms with Gasteiger partial charge in [0, 0.05) is 16.2 Å². The number of rotatable bonds is 4. The number of pyridine rings is 1. The van der Waals surface area contributed by atoms with Crippen molar-refractivity contribution in [2.45, 2.75) is 40.2 Å². The van der Waals surface area contributed by atoms with E-state index in [0.717, 1.165) is 10.9 Å². The first kappa shape index (κ1) is 15.0. The Labute approximate surface area is 115 Å². The summed E-state index contributed by atoms with van der Waals surface area (Å²) in [5, 5.41) is 2.84. The van der Waals surface area contributed by atoms with Gasteiger partial charge >= 0.3 is 0 Å². The number of nitrogens with one attached hydrogen (secondary N) is 2. The third kappa shape index (κ3) is 3.98. The van der Waals surface area contributed by atoms with Gasteiger partial charge in [0.2, 0.25) is 0 Å². The molecule has 1 aromatic heterocycles. The maximum atomic E-state index is 12.0. The Kier molecular flexibility index (Phi) is 5.14. The highest BCUT2D eigenvalue weighted by atomic mass is 79.9. The van der Waals surface area contributed by atoms with Crippen LogP contribution in [-0.4, -0.2) is 16.9 Å². The monoisotopic (exact) mass is 314 g/mol. The summed E-state index contributed by atoms with van der Waals surface area (Å²) in [5.74, 6) is 0.174. The van der Waals surface area contributed by atoms with Gasteiger partial charge in [-0.15, -0.1) is 0 Å². The molecular formula is C13H19BrN2O2. The fraction of sp³-hybridized carbons (Fsp3) is 0.538. The molecule has 0 aliphatic carbocycles. The average Bonchev–Trinajstić information content (AvgIpc) is 2.21. The molecular weight excluding hydrogens is 296 g/mol. The van der Waals surface area contributed by atoms with Crippen molar-refractivity contribution in [2.24, 2.45) is 5.92 Å². The van der Waals surface area contributed by atoms with E-state index in [4.69, 9.17) is 0 Å². The van der Waals surface area contributed by atoms with Gasteiger partial charge < -0.3 is 10.3 Å². The highest BCUT2D eigenvalue weighted by Gasteiger charge is 2.15. The highest BCUT2D eigenvalue weighted by Crippen LogP contribution is 2.13. The summed E-state index contributed by atoms with van der Waals surface area (Å²) >= 11 is 3.30. The van der Waals surface area contributed by atoms with Gasteiger partial charge in [-0.2, -0.15) is 0 Å². The number of hydrogen-bond acceptors (Lipinski definition) is 2. The van der Waals surface area contributed by atoms with Crippen molar-refractivity contribution in [3.63, 3.8) is 0 Å². The minimum atomic E-state index is -0.357. The summed E-state index contributed by atoms with van der Waals surface area (Å²) < 4.78 is 0.726. The van der Waals surface area contributed by atoms with E-state index < -0.39 is 0 Å². The Morgan fingerprint density at radius 2 is 2.06 bits per heavy atom. The summed E-state index contributed by atoms with van der Waals surface area (Å²) in [6.45, 7) is 7.90. The quantitative estimate of drug-likeness (QED) is 0.897. The standard InChI is InChI=1S/C13H19BrN2O2/c1-7(2)5-8(3)15-12(17)10-6-11(14)9(4)16-13(10)18/h6-8H,5H2,1-4H3,(H,15,17)(H,16,18)/t8-/m1/s1. The first-order valence-corrected chi connectivity index (χ1v) is 6.80. The first-order chi connectivity index (χ1) is 8.31. The van der Waals surface area contributed by atoms with Crippen LogP contribution in [0.4, 0.5) is 0 Å². The lowest BCUT2D eigenvalue weighted by Crippen LogP contribution is -2.36. The van der Waals surface area contributed by atoms with Crippen LogP contribution in [0.2, 0.25) is 0 Å². The predicted molar refractivity (Wildman–Crippen MR) is 75.9 cm³/mol. The summed E-state index contributed by atoms with van der Waals surface area (Å²) in [7, 11) is 0. The highest BCUT2D eigenvalue weighted by molar-refractivity contribution is 9.10. The smallest absolute Gasteiger partial charge is 0.261 e. The second kappa shape index (κ2) is 6.18. The van der Waals surface area contributed by atoms with Crippen LogP contribution in [-0.2, 0) is 0 Å². The number of aromatic amines is 1. The SMILES string of the molecule is Cc1[nH]c(=O)c(C(=O)N[C@H](C)CC(C)C)cc1Br. The molecule has 1 heterocycles. The van der Waals surface area contributed by atoms with Crippen LogP contribution in [0.1, 0.15) is 43.2 Å². The van der Waals surface area contributed by atoms with Crippen molar-refractivity contribution >= 4 is 21.8 Å². The molecule has 100 valence electrons. The van der Waals surface area contributed by atoms with E-state index in [0.29, 0.717) is 11.6 Å².